The molecule has 6 nitrogen and oxygen atoms in total. The van der Waals surface area contributed by atoms with Crippen LogP contribution in [0.25, 0.3) is 5.57 Å². The number of fused-ring (bicyclic) bond motifs is 3. The molecule has 3 rings (SSSR count). The first-order valence-corrected chi connectivity index (χ1v) is 8.48. The predicted molar refractivity (Wildman–Crippen MR) is 87.7 cm³/mol. The fourth-order valence-corrected chi connectivity index (χ4v) is 3.52. The third-order valence-corrected chi connectivity index (χ3v) is 4.46. The molecule has 6 heteroatoms. The van der Waals surface area contributed by atoms with Gasteiger partial charge in [-0.05, 0) is 44.7 Å². The lowest BCUT2D eigenvalue weighted by Gasteiger charge is -2.42. The maximum absolute atomic E-state index is 12.6. The monoisotopic (exact) mass is 330 g/mol. The Morgan fingerprint density at radius 3 is 2.71 bits per heavy atom. The molecule has 0 radical (unpaired) electrons. The number of carbonyl (C=O) groups is 2. The molecule has 1 aromatic heterocycles. The van der Waals surface area contributed by atoms with Gasteiger partial charge in [0.1, 0.15) is 5.70 Å². The van der Waals surface area contributed by atoms with Gasteiger partial charge >= 0.3 is 11.9 Å². The Morgan fingerprint density at radius 1 is 1.21 bits per heavy atom. The fourth-order valence-electron chi connectivity index (χ4n) is 3.52. The standard InChI is InChI=1S/C18H22N2O4/c1-3-23-17(21)15-12-8-9-19-11-13(12)14-7-5-6-10-20(14)16(15)18(22)24-4-2/h8-9,11,14H,3-7,10H2,1-2H3. The average Bonchev–Trinajstić information content (AvgIpc) is 2.61. The molecular formula is C18H22N2O4. The topological polar surface area (TPSA) is 68.7 Å². The van der Waals surface area contributed by atoms with Crippen molar-refractivity contribution in [1.29, 1.82) is 0 Å². The maximum Gasteiger partial charge on any atom is 0.355 e. The van der Waals surface area contributed by atoms with Gasteiger partial charge in [0.2, 0.25) is 0 Å². The SMILES string of the molecule is CCOC(=O)C1=C(C(=O)OCC)N2CCCCC2c2cnccc21. The second-order valence-electron chi connectivity index (χ2n) is 5.83. The highest BCUT2D eigenvalue weighted by atomic mass is 16.5. The molecule has 0 saturated carbocycles. The molecule has 1 unspecified atom stereocenters. The summed E-state index contributed by atoms with van der Waals surface area (Å²) in [5.74, 6) is -0.952. The molecule has 2 aliphatic rings. The van der Waals surface area contributed by atoms with Crippen molar-refractivity contribution >= 4 is 17.5 Å². The zero-order valence-electron chi connectivity index (χ0n) is 14.1. The van der Waals surface area contributed by atoms with Crippen molar-refractivity contribution < 1.29 is 19.1 Å². The lowest BCUT2D eigenvalue weighted by molar-refractivity contribution is -0.142. The molecule has 1 fully saturated rings. The average molecular weight is 330 g/mol. The highest BCUT2D eigenvalue weighted by Crippen LogP contribution is 2.43. The van der Waals surface area contributed by atoms with Crippen molar-refractivity contribution in [2.75, 3.05) is 19.8 Å². The first-order chi connectivity index (χ1) is 11.7. The third-order valence-electron chi connectivity index (χ3n) is 4.46. The largest absolute Gasteiger partial charge is 0.462 e. The third kappa shape index (κ3) is 2.77. The van der Waals surface area contributed by atoms with Crippen LogP contribution in [0.5, 0.6) is 0 Å². The summed E-state index contributed by atoms with van der Waals surface area (Å²) in [6.45, 7) is 4.75. The molecule has 1 saturated heterocycles. The van der Waals surface area contributed by atoms with Crippen molar-refractivity contribution in [3.63, 3.8) is 0 Å². The van der Waals surface area contributed by atoms with E-state index < -0.39 is 11.9 Å². The lowest BCUT2D eigenvalue weighted by Crippen LogP contribution is -2.41. The Balaban J connectivity index is 2.20. The van der Waals surface area contributed by atoms with E-state index in [9.17, 15) is 9.59 Å². The van der Waals surface area contributed by atoms with E-state index in [-0.39, 0.29) is 19.3 Å². The number of rotatable bonds is 4. The fraction of sp³-hybridized carbons (Fsp3) is 0.500. The summed E-state index contributed by atoms with van der Waals surface area (Å²) < 4.78 is 10.5. The number of nitrogens with zero attached hydrogens (tertiary/aromatic N) is 2. The van der Waals surface area contributed by atoms with Gasteiger partial charge in [-0.15, -0.1) is 0 Å². The normalized spacial score (nSPS) is 19.4. The second kappa shape index (κ2) is 7.03. The summed E-state index contributed by atoms with van der Waals surface area (Å²) in [7, 11) is 0. The molecule has 0 aromatic carbocycles. The summed E-state index contributed by atoms with van der Waals surface area (Å²) in [6.07, 6.45) is 6.42. The van der Waals surface area contributed by atoms with Gasteiger partial charge in [0, 0.05) is 24.5 Å². The van der Waals surface area contributed by atoms with Gasteiger partial charge in [-0.1, -0.05) is 0 Å². The van der Waals surface area contributed by atoms with Crippen molar-refractivity contribution in [1.82, 2.24) is 9.88 Å². The smallest absolute Gasteiger partial charge is 0.355 e. The first kappa shape index (κ1) is 16.5. The zero-order chi connectivity index (χ0) is 17.1. The van der Waals surface area contributed by atoms with Crippen LogP contribution in [0.15, 0.2) is 24.2 Å². The Bertz CT molecular complexity index is 683. The van der Waals surface area contributed by atoms with Crippen molar-refractivity contribution in [3.8, 4) is 0 Å². The lowest BCUT2D eigenvalue weighted by atomic mass is 9.84. The minimum atomic E-state index is -0.489. The van der Waals surface area contributed by atoms with Gasteiger partial charge in [0.25, 0.3) is 0 Å². The summed E-state index contributed by atoms with van der Waals surface area (Å²) >= 11 is 0. The maximum atomic E-state index is 12.6. The van der Waals surface area contributed by atoms with Gasteiger partial charge in [0.15, 0.2) is 0 Å². The van der Waals surface area contributed by atoms with E-state index >= 15 is 0 Å². The van der Waals surface area contributed by atoms with E-state index in [1.807, 2.05) is 4.90 Å². The Kier molecular flexibility index (Phi) is 4.83. The molecule has 128 valence electrons. The summed E-state index contributed by atoms with van der Waals surface area (Å²) in [4.78, 5) is 31.5. The van der Waals surface area contributed by atoms with E-state index in [0.717, 1.165) is 36.9 Å². The number of piperidine rings is 1. The van der Waals surface area contributed by atoms with Gasteiger partial charge in [-0.2, -0.15) is 0 Å². The quantitative estimate of drug-likeness (QED) is 0.790. The molecule has 0 spiro atoms. The zero-order valence-corrected chi connectivity index (χ0v) is 14.1. The van der Waals surface area contributed by atoms with E-state index in [1.165, 1.54) is 0 Å². The molecule has 0 N–H and O–H groups in total. The van der Waals surface area contributed by atoms with Gasteiger partial charge in [-0.3, -0.25) is 4.98 Å². The van der Waals surface area contributed by atoms with Crippen LogP contribution in [-0.4, -0.2) is 41.6 Å². The van der Waals surface area contributed by atoms with Crippen molar-refractivity contribution in [2.24, 2.45) is 0 Å². The van der Waals surface area contributed by atoms with Crippen LogP contribution >= 0.6 is 0 Å². The molecule has 2 aliphatic heterocycles. The number of hydrogen-bond acceptors (Lipinski definition) is 6. The molecule has 1 aromatic rings. The highest BCUT2D eigenvalue weighted by molar-refractivity contribution is 6.23. The van der Waals surface area contributed by atoms with Crippen LogP contribution in [-0.2, 0) is 19.1 Å². The van der Waals surface area contributed by atoms with E-state index in [2.05, 4.69) is 4.98 Å². The van der Waals surface area contributed by atoms with E-state index in [4.69, 9.17) is 9.47 Å². The second-order valence-corrected chi connectivity index (χ2v) is 5.83. The number of pyridine rings is 1. The number of esters is 2. The minimum Gasteiger partial charge on any atom is -0.462 e. The summed E-state index contributed by atoms with van der Waals surface area (Å²) in [5, 5.41) is 0. The highest BCUT2D eigenvalue weighted by Gasteiger charge is 2.40. The minimum absolute atomic E-state index is 0.0556. The predicted octanol–water partition coefficient (Wildman–Crippen LogP) is 2.46. The number of carbonyl (C=O) groups excluding carboxylic acids is 2. The Labute approximate surface area is 141 Å². The van der Waals surface area contributed by atoms with Crippen LogP contribution in [0, 0.1) is 0 Å². The Morgan fingerprint density at radius 2 is 1.96 bits per heavy atom. The van der Waals surface area contributed by atoms with Crippen LogP contribution in [0.2, 0.25) is 0 Å². The van der Waals surface area contributed by atoms with Gasteiger partial charge in [-0.25, -0.2) is 9.59 Å². The summed E-state index contributed by atoms with van der Waals surface area (Å²) in [6, 6.07) is 1.84. The Hall–Kier alpha value is -2.37. The van der Waals surface area contributed by atoms with Gasteiger partial charge < -0.3 is 14.4 Å². The molecule has 3 heterocycles. The van der Waals surface area contributed by atoms with Crippen LogP contribution < -0.4 is 0 Å². The number of hydrogen-bond donors (Lipinski definition) is 0. The van der Waals surface area contributed by atoms with E-state index in [0.29, 0.717) is 11.3 Å². The molecule has 0 amide bonds. The molecular weight excluding hydrogens is 308 g/mol. The number of ether oxygens (including phenoxy) is 2. The molecule has 24 heavy (non-hydrogen) atoms. The van der Waals surface area contributed by atoms with Crippen LogP contribution in [0.3, 0.4) is 0 Å². The molecule has 0 bridgehead atoms. The van der Waals surface area contributed by atoms with E-state index in [1.54, 1.807) is 32.3 Å². The van der Waals surface area contributed by atoms with Crippen LogP contribution in [0.1, 0.15) is 50.3 Å². The van der Waals surface area contributed by atoms with Crippen molar-refractivity contribution in [2.45, 2.75) is 39.2 Å². The van der Waals surface area contributed by atoms with Gasteiger partial charge in [0.05, 0.1) is 24.8 Å². The van der Waals surface area contributed by atoms with Crippen molar-refractivity contribution in [3.05, 3.63) is 35.3 Å². The summed E-state index contributed by atoms with van der Waals surface area (Å²) in [5.41, 5.74) is 2.34. The molecule has 1 atom stereocenters. The van der Waals surface area contributed by atoms with Crippen LogP contribution in [0.4, 0.5) is 0 Å². The molecule has 0 aliphatic carbocycles. The number of aromatic nitrogens is 1. The first-order valence-electron chi connectivity index (χ1n) is 8.48.